The molecular weight excluding hydrogens is 796 g/mol. The molecule has 2 aromatic heterocycles. The number of nitro groups is 2. The van der Waals surface area contributed by atoms with Crippen LogP contribution in [0.1, 0.15) is 17.0 Å². The van der Waals surface area contributed by atoms with Gasteiger partial charge >= 0.3 is 17.4 Å². The van der Waals surface area contributed by atoms with E-state index in [1.165, 1.54) is 35.9 Å². The summed E-state index contributed by atoms with van der Waals surface area (Å²) >= 11 is 0. The van der Waals surface area contributed by atoms with Crippen LogP contribution in [0.2, 0.25) is 0 Å². The minimum atomic E-state index is -4.39. The molecule has 0 unspecified atom stereocenters. The number of nitrogens with zero attached hydrogens (tertiary/aromatic N) is 9. The molecule has 56 heavy (non-hydrogen) atoms. The Bertz CT molecular complexity index is 2680. The summed E-state index contributed by atoms with van der Waals surface area (Å²) in [5.74, 6) is -2.28. The number of hydrogen-bond donors (Lipinski definition) is 2. The van der Waals surface area contributed by atoms with Gasteiger partial charge in [-0.15, -0.1) is 10.2 Å². The molecule has 6 aromatic rings. The van der Waals surface area contributed by atoms with E-state index >= 15 is 0 Å². The van der Waals surface area contributed by atoms with E-state index in [2.05, 4.69) is 30.7 Å². The van der Waals surface area contributed by atoms with Crippen molar-refractivity contribution in [2.45, 2.75) is 25.7 Å². The number of non-ortho nitro benzene ring substituents is 1. The largest absolute Gasteiger partial charge is 3.00 e. The molecule has 0 aliphatic heterocycles. The van der Waals surface area contributed by atoms with Crippen LogP contribution in [0.25, 0.3) is 11.4 Å². The van der Waals surface area contributed by atoms with Gasteiger partial charge in [0.25, 0.3) is 27.1 Å². The van der Waals surface area contributed by atoms with Crippen molar-refractivity contribution in [3.8, 4) is 28.8 Å². The molecule has 23 heteroatoms. The molecule has 21 nitrogen and oxygen atoms in total. The number of para-hydroxylation sites is 1. The molecule has 0 bridgehead atoms. The first-order valence-electron chi connectivity index (χ1n) is 15.4. The van der Waals surface area contributed by atoms with Gasteiger partial charge in [0.1, 0.15) is 5.69 Å². The maximum absolute atomic E-state index is 12.6. The van der Waals surface area contributed by atoms with Crippen molar-refractivity contribution < 1.29 is 55.5 Å². The zero-order valence-corrected chi connectivity index (χ0v) is 31.0. The summed E-state index contributed by atoms with van der Waals surface area (Å²) in [7, 11) is -4.39. The van der Waals surface area contributed by atoms with E-state index in [0.717, 1.165) is 35.0 Å². The second kappa shape index (κ2) is 17.0. The smallest absolute Gasteiger partial charge is 0.871 e. The van der Waals surface area contributed by atoms with Crippen molar-refractivity contribution >= 4 is 44.2 Å². The first-order valence-corrected chi connectivity index (χ1v) is 16.9. The molecule has 0 fully saturated rings. The number of aryl methyl sites for hydroxylation is 3. The number of H-pyrrole nitrogens is 1. The predicted octanol–water partition coefficient (Wildman–Crippen LogP) is 5.08. The van der Waals surface area contributed by atoms with Crippen molar-refractivity contribution in [2.24, 2.45) is 20.5 Å². The van der Waals surface area contributed by atoms with E-state index in [-0.39, 0.29) is 62.1 Å². The summed E-state index contributed by atoms with van der Waals surface area (Å²) in [6.45, 7) is 4.67. The third kappa shape index (κ3) is 9.17. The van der Waals surface area contributed by atoms with Gasteiger partial charge in [-0.25, -0.2) is 9.36 Å². The standard InChI is InChI=1S/C17H15N5O7S.C16H13N5O4.Cr/c1-9-7-13(16(23)14(8-9)22(25)26)18-19-15-10(2)20-21(17(15)24)11-3-5-12(6-4-11)30(27,28)29;1-10-15(16(23)20(19-10)11-5-3-2-4-6-11)18-17-13-8-7-12(21(24)25)9-14(13)22;/h3-8,23-24H,1-2H3,(H,27,28,29);2-9,19,22H,1H3;/q;;+3/p-3. The summed E-state index contributed by atoms with van der Waals surface area (Å²) in [4.78, 5) is 32.2. The van der Waals surface area contributed by atoms with E-state index in [9.17, 15) is 48.8 Å². The van der Waals surface area contributed by atoms with Crippen LogP contribution in [0.4, 0.5) is 34.1 Å². The average Bonchev–Trinajstić information content (AvgIpc) is 3.59. The number of nitro benzene ring substituents is 2. The summed E-state index contributed by atoms with van der Waals surface area (Å²) in [5, 5.41) is 80.1. The molecule has 0 saturated carbocycles. The minimum absolute atomic E-state index is 0. The zero-order valence-electron chi connectivity index (χ0n) is 29.0. The summed E-state index contributed by atoms with van der Waals surface area (Å²) in [6.07, 6.45) is 0. The van der Waals surface area contributed by atoms with Gasteiger partial charge in [-0.3, -0.25) is 34.7 Å². The van der Waals surface area contributed by atoms with E-state index in [0.29, 0.717) is 16.9 Å². The molecule has 2 N–H and O–H groups in total. The number of nitrogens with one attached hydrogen (secondary N) is 1. The molecule has 0 spiro atoms. The van der Waals surface area contributed by atoms with E-state index in [1.54, 1.807) is 38.1 Å². The van der Waals surface area contributed by atoms with Gasteiger partial charge in [-0.2, -0.15) is 23.7 Å². The zero-order chi connectivity index (χ0) is 40.2. The fourth-order valence-corrected chi connectivity index (χ4v) is 5.29. The molecule has 0 aliphatic carbocycles. The Morgan fingerprint density at radius 2 is 1.39 bits per heavy atom. The van der Waals surface area contributed by atoms with Crippen molar-refractivity contribution in [1.82, 2.24) is 19.6 Å². The average molecular weight is 822 g/mol. The third-order valence-electron chi connectivity index (χ3n) is 7.48. The number of aromatic nitrogens is 4. The Balaban J connectivity index is 0.000000248. The number of hydrogen-bond acceptors (Lipinski definition) is 15. The van der Waals surface area contributed by atoms with Gasteiger partial charge in [-0.05, 0) is 74.9 Å². The molecule has 6 rings (SSSR count). The normalized spacial score (nSPS) is 11.3. The second-order valence-electron chi connectivity index (χ2n) is 11.4. The number of aromatic amines is 1. The van der Waals surface area contributed by atoms with Crippen LogP contribution in [0.3, 0.4) is 0 Å². The van der Waals surface area contributed by atoms with E-state index in [1.807, 2.05) is 6.07 Å². The molecule has 0 aliphatic rings. The predicted molar refractivity (Wildman–Crippen MR) is 187 cm³/mol. The second-order valence-corrected chi connectivity index (χ2v) is 12.8. The molecule has 4 aromatic carbocycles. The first-order chi connectivity index (χ1) is 26.0. The maximum atomic E-state index is 12.6. The van der Waals surface area contributed by atoms with Gasteiger partial charge in [-0.1, -0.05) is 23.9 Å². The van der Waals surface area contributed by atoms with Gasteiger partial charge < -0.3 is 15.3 Å². The van der Waals surface area contributed by atoms with Gasteiger partial charge in [0.15, 0.2) is 5.69 Å². The monoisotopic (exact) mass is 821 g/mol. The van der Waals surface area contributed by atoms with Crippen LogP contribution in [-0.2, 0) is 27.5 Å². The SMILES string of the molecule is Cc1[nH]n(-c2ccccc2)c(=O)c1N=Nc1ccc([N+](=O)[O-])cc1[O-].Cc1cc(N=Nc2c(C)nn(-c3ccc(S(=O)(=O)O)cc3)c2[O-])c([O-])c([N+](=O)[O-])c1.[Cr+3]. The quantitative estimate of drug-likeness (QED) is 0.0835. The van der Waals surface area contributed by atoms with Crippen LogP contribution < -0.4 is 20.9 Å². The van der Waals surface area contributed by atoms with Crippen molar-refractivity contribution in [3.63, 3.8) is 0 Å². The minimum Gasteiger partial charge on any atom is -0.871 e. The van der Waals surface area contributed by atoms with E-state index in [4.69, 9.17) is 4.55 Å². The Morgan fingerprint density at radius 3 is 1.98 bits per heavy atom. The van der Waals surface area contributed by atoms with E-state index < -0.39 is 48.6 Å². The fraction of sp³-hybridized carbons (Fsp3) is 0.0909. The Morgan fingerprint density at radius 1 is 0.768 bits per heavy atom. The van der Waals surface area contributed by atoms with Crippen LogP contribution in [0, 0.1) is 41.0 Å². The first kappa shape index (κ1) is 41.7. The van der Waals surface area contributed by atoms with Crippen molar-refractivity contribution in [1.29, 1.82) is 0 Å². The Labute approximate surface area is 325 Å². The van der Waals surface area contributed by atoms with Crippen LogP contribution in [0.15, 0.2) is 115 Å². The summed E-state index contributed by atoms with van der Waals surface area (Å²) in [6, 6.07) is 19.3. The van der Waals surface area contributed by atoms with Crippen LogP contribution >= 0.6 is 0 Å². The number of benzene rings is 4. The van der Waals surface area contributed by atoms with Gasteiger partial charge in [0.05, 0.1) is 48.9 Å². The molecular formula is C33H25CrN10O11S. The molecule has 2 heterocycles. The summed E-state index contributed by atoms with van der Waals surface area (Å²) < 4.78 is 33.5. The molecule has 0 atom stereocenters. The molecule has 1 radical (unpaired) electrons. The van der Waals surface area contributed by atoms with Gasteiger partial charge in [0, 0.05) is 29.8 Å². The topological polar surface area (TPSA) is 315 Å². The summed E-state index contributed by atoms with van der Waals surface area (Å²) in [5.41, 5.74) is -0.0213. The van der Waals surface area contributed by atoms with Crippen molar-refractivity contribution in [2.75, 3.05) is 0 Å². The Kier molecular flexibility index (Phi) is 12.6. The Hall–Kier alpha value is -7.06. The number of azo groups is 2. The maximum Gasteiger partial charge on any atom is 3.00 e. The fourth-order valence-electron chi connectivity index (χ4n) is 4.81. The number of rotatable bonds is 9. The van der Waals surface area contributed by atoms with Crippen LogP contribution in [0.5, 0.6) is 17.4 Å². The molecule has 0 amide bonds. The third-order valence-corrected chi connectivity index (χ3v) is 8.35. The molecule has 285 valence electrons. The van der Waals surface area contributed by atoms with Crippen molar-refractivity contribution in [3.05, 3.63) is 132 Å². The molecule has 0 saturated heterocycles. The van der Waals surface area contributed by atoms with Gasteiger partial charge in [0.2, 0.25) is 0 Å². The van der Waals surface area contributed by atoms with Crippen LogP contribution in [-0.4, -0.2) is 42.4 Å².